The van der Waals surface area contributed by atoms with Gasteiger partial charge < -0.3 is 24.9 Å². The highest BCUT2D eigenvalue weighted by Gasteiger charge is 2.52. The first kappa shape index (κ1) is 29.0. The highest BCUT2D eigenvalue weighted by Crippen LogP contribution is 2.45. The molecule has 0 spiro atoms. The maximum atomic E-state index is 13.8. The first-order chi connectivity index (χ1) is 19.8. The summed E-state index contributed by atoms with van der Waals surface area (Å²) in [6, 6.07) is 15.0. The molecule has 2 aromatic carbocycles. The molecule has 2 fully saturated rings. The van der Waals surface area contributed by atoms with Gasteiger partial charge in [-0.3, -0.25) is 14.4 Å². The lowest BCUT2D eigenvalue weighted by Crippen LogP contribution is -2.44. The van der Waals surface area contributed by atoms with E-state index < -0.39 is 17.4 Å². The second-order valence-electron chi connectivity index (χ2n) is 11.5. The molecule has 0 radical (unpaired) electrons. The van der Waals surface area contributed by atoms with Crippen LogP contribution in [0.4, 0.5) is 11.4 Å². The van der Waals surface area contributed by atoms with E-state index in [9.17, 15) is 24.6 Å². The fraction of sp³-hybridized carbons (Fsp3) is 0.485. The molecule has 0 aromatic heterocycles. The van der Waals surface area contributed by atoms with Gasteiger partial charge in [0.1, 0.15) is 0 Å². The highest BCUT2D eigenvalue weighted by molar-refractivity contribution is 6.07. The van der Waals surface area contributed by atoms with Gasteiger partial charge in [-0.1, -0.05) is 62.2 Å². The van der Waals surface area contributed by atoms with E-state index in [0.717, 1.165) is 56.3 Å². The molecule has 0 aliphatic carbocycles. The number of anilines is 2. The van der Waals surface area contributed by atoms with E-state index in [2.05, 4.69) is 0 Å². The maximum absolute atomic E-state index is 13.8. The number of carbonyl (C=O) groups is 3. The summed E-state index contributed by atoms with van der Waals surface area (Å²) in [5.41, 5.74) is 1.24. The van der Waals surface area contributed by atoms with E-state index in [4.69, 9.17) is 0 Å². The maximum Gasteiger partial charge on any atom is 0.264 e. The van der Waals surface area contributed by atoms with Crippen LogP contribution in [0.2, 0.25) is 0 Å². The number of hydrogen-bond acceptors (Lipinski definition) is 5. The normalized spacial score (nSPS) is 24.1. The molecule has 8 heteroatoms. The highest BCUT2D eigenvalue weighted by atomic mass is 16.3. The minimum Gasteiger partial charge on any atom is -0.394 e. The van der Waals surface area contributed by atoms with E-state index in [1.54, 1.807) is 34.9 Å². The SMILES string of the molecule is C[C@@H](/C=C/CC(=O)N1CCC[C@H]1CO)[C@]1(O)C(=O)N(Cc2ccc(N3CCCCCCC3=O)cc2)c2ccccc21. The van der Waals surface area contributed by atoms with Gasteiger partial charge in [0.2, 0.25) is 11.8 Å². The van der Waals surface area contributed by atoms with E-state index in [-0.39, 0.29) is 30.9 Å². The Morgan fingerprint density at radius 3 is 2.56 bits per heavy atom. The second-order valence-corrected chi connectivity index (χ2v) is 11.5. The van der Waals surface area contributed by atoms with Crippen molar-refractivity contribution in [2.45, 2.75) is 76.5 Å². The lowest BCUT2D eigenvalue weighted by molar-refractivity contribution is -0.139. The summed E-state index contributed by atoms with van der Waals surface area (Å²) >= 11 is 0. The smallest absolute Gasteiger partial charge is 0.264 e. The summed E-state index contributed by atoms with van der Waals surface area (Å²) in [6.07, 6.45) is 10.0. The summed E-state index contributed by atoms with van der Waals surface area (Å²) in [4.78, 5) is 44.4. The van der Waals surface area contributed by atoms with Gasteiger partial charge >= 0.3 is 0 Å². The van der Waals surface area contributed by atoms with Crippen molar-refractivity contribution in [1.29, 1.82) is 0 Å². The van der Waals surface area contributed by atoms with Gasteiger partial charge in [0.05, 0.1) is 24.9 Å². The molecule has 2 aromatic rings. The van der Waals surface area contributed by atoms with Gasteiger partial charge in [-0.25, -0.2) is 0 Å². The summed E-state index contributed by atoms with van der Waals surface area (Å²) < 4.78 is 0. The molecule has 3 aliphatic rings. The molecule has 3 atom stereocenters. The van der Waals surface area contributed by atoms with Gasteiger partial charge in [-0.15, -0.1) is 0 Å². The average Bonchev–Trinajstić information content (AvgIpc) is 3.54. The summed E-state index contributed by atoms with van der Waals surface area (Å²) in [7, 11) is 0. The lowest BCUT2D eigenvalue weighted by atomic mass is 9.83. The molecule has 8 nitrogen and oxygen atoms in total. The second kappa shape index (κ2) is 12.6. The van der Waals surface area contributed by atoms with Crippen molar-refractivity contribution in [3.63, 3.8) is 0 Å². The summed E-state index contributed by atoms with van der Waals surface area (Å²) in [5.74, 6) is -0.868. The fourth-order valence-electron chi connectivity index (χ4n) is 6.44. The largest absolute Gasteiger partial charge is 0.394 e. The predicted octanol–water partition coefficient (Wildman–Crippen LogP) is 4.28. The Bertz CT molecular complexity index is 1290. The zero-order chi connectivity index (χ0) is 29.0. The quantitative estimate of drug-likeness (QED) is 0.470. The number of rotatable bonds is 8. The minimum atomic E-state index is -1.76. The van der Waals surface area contributed by atoms with Gasteiger partial charge in [-0.2, -0.15) is 0 Å². The van der Waals surface area contributed by atoms with Crippen molar-refractivity contribution in [3.8, 4) is 0 Å². The Morgan fingerprint density at radius 1 is 1.02 bits per heavy atom. The van der Waals surface area contributed by atoms with Gasteiger partial charge in [-0.05, 0) is 49.4 Å². The number of amides is 3. The Labute approximate surface area is 242 Å². The molecule has 0 saturated carbocycles. The molecule has 5 rings (SSSR count). The number of aliphatic hydroxyl groups is 2. The molecule has 2 N–H and O–H groups in total. The van der Waals surface area contributed by atoms with Crippen molar-refractivity contribution in [3.05, 3.63) is 71.8 Å². The van der Waals surface area contributed by atoms with Crippen LogP contribution in [-0.2, 0) is 26.5 Å². The van der Waals surface area contributed by atoms with E-state index >= 15 is 0 Å². The third-order valence-electron chi connectivity index (χ3n) is 8.87. The number of aliphatic hydroxyl groups excluding tert-OH is 1. The Balaban J connectivity index is 1.30. The standard InChI is InChI=1S/C33H41N3O5/c1-24(10-8-15-31(39)35-21-9-11-27(35)23-37)33(41)28-12-5-6-13-29(28)36(32(33)40)22-25-16-18-26(19-17-25)34-20-7-3-2-4-14-30(34)38/h5-6,8,10,12-13,16-19,24,27,37,41H,2-4,7,9,11,14-15,20-23H2,1H3/b10-8+/t24-,27-,33+/m0/s1. The van der Waals surface area contributed by atoms with Crippen molar-refractivity contribution in [1.82, 2.24) is 4.90 Å². The van der Waals surface area contributed by atoms with Crippen LogP contribution in [0.15, 0.2) is 60.7 Å². The monoisotopic (exact) mass is 559 g/mol. The Morgan fingerprint density at radius 2 is 1.78 bits per heavy atom. The molecule has 3 amide bonds. The topological polar surface area (TPSA) is 101 Å². The molecule has 3 aliphatic heterocycles. The van der Waals surface area contributed by atoms with Crippen LogP contribution in [-0.4, -0.2) is 58.6 Å². The number of nitrogens with zero attached hydrogens (tertiary/aromatic N) is 3. The van der Waals surface area contributed by atoms with Crippen LogP contribution in [0.25, 0.3) is 0 Å². The third-order valence-corrected chi connectivity index (χ3v) is 8.87. The molecular formula is C33H41N3O5. The minimum absolute atomic E-state index is 0.0359. The van der Waals surface area contributed by atoms with Gasteiger partial charge in [0.15, 0.2) is 5.60 Å². The lowest BCUT2D eigenvalue weighted by Gasteiger charge is -2.28. The molecule has 3 heterocycles. The van der Waals surface area contributed by atoms with Crippen molar-refractivity contribution < 1.29 is 24.6 Å². The molecule has 0 bridgehead atoms. The van der Waals surface area contributed by atoms with Crippen LogP contribution in [0.5, 0.6) is 0 Å². The number of benzene rings is 2. The predicted molar refractivity (Wildman–Crippen MR) is 158 cm³/mol. The van der Waals surface area contributed by atoms with Crippen LogP contribution < -0.4 is 9.80 Å². The Kier molecular flexibility index (Phi) is 8.90. The fourth-order valence-corrected chi connectivity index (χ4v) is 6.44. The van der Waals surface area contributed by atoms with Crippen molar-refractivity contribution >= 4 is 29.1 Å². The number of likely N-dealkylation sites (tertiary alicyclic amines) is 1. The first-order valence-corrected chi connectivity index (χ1v) is 14.9. The summed E-state index contributed by atoms with van der Waals surface area (Å²) in [6.45, 7) is 3.42. The third kappa shape index (κ3) is 5.81. The Hall–Kier alpha value is -3.49. The molecule has 218 valence electrons. The summed E-state index contributed by atoms with van der Waals surface area (Å²) in [5, 5.41) is 21.4. The zero-order valence-electron chi connectivity index (χ0n) is 23.9. The van der Waals surface area contributed by atoms with Gasteiger partial charge in [0.25, 0.3) is 5.91 Å². The number of para-hydroxylation sites is 1. The van der Waals surface area contributed by atoms with Gasteiger partial charge in [0, 0.05) is 43.1 Å². The molecule has 2 saturated heterocycles. The van der Waals surface area contributed by atoms with Crippen LogP contribution >= 0.6 is 0 Å². The van der Waals surface area contributed by atoms with Crippen LogP contribution in [0, 0.1) is 5.92 Å². The number of hydrogen-bond donors (Lipinski definition) is 2. The van der Waals surface area contributed by atoms with Crippen molar-refractivity contribution in [2.24, 2.45) is 5.92 Å². The molecular weight excluding hydrogens is 518 g/mol. The molecule has 0 unspecified atom stereocenters. The van der Waals surface area contributed by atoms with Crippen LogP contribution in [0.3, 0.4) is 0 Å². The molecule has 41 heavy (non-hydrogen) atoms. The van der Waals surface area contributed by atoms with E-state index in [1.807, 2.05) is 47.4 Å². The first-order valence-electron chi connectivity index (χ1n) is 14.9. The number of fused-ring (bicyclic) bond motifs is 1. The van der Waals surface area contributed by atoms with E-state index in [0.29, 0.717) is 30.8 Å². The average molecular weight is 560 g/mol. The van der Waals surface area contributed by atoms with Crippen molar-refractivity contribution in [2.75, 3.05) is 29.5 Å². The van der Waals surface area contributed by atoms with Crippen LogP contribution in [0.1, 0.15) is 69.4 Å². The van der Waals surface area contributed by atoms with E-state index in [1.165, 1.54) is 0 Å². The zero-order valence-corrected chi connectivity index (χ0v) is 23.9. The number of carbonyl (C=O) groups excluding carboxylic acids is 3.